The van der Waals surface area contributed by atoms with Crippen molar-refractivity contribution in [1.29, 1.82) is 0 Å². The summed E-state index contributed by atoms with van der Waals surface area (Å²) in [5.74, 6) is -0.123. The van der Waals surface area contributed by atoms with Crippen molar-refractivity contribution in [2.75, 3.05) is 11.1 Å². The lowest BCUT2D eigenvalue weighted by molar-refractivity contribution is 0.102. The van der Waals surface area contributed by atoms with Crippen molar-refractivity contribution in [2.45, 2.75) is 26.7 Å². The van der Waals surface area contributed by atoms with Gasteiger partial charge >= 0.3 is 0 Å². The van der Waals surface area contributed by atoms with Crippen molar-refractivity contribution in [3.63, 3.8) is 0 Å². The number of H-pyrrole nitrogens is 1. The van der Waals surface area contributed by atoms with Crippen LogP contribution in [0.4, 0.5) is 11.4 Å². The summed E-state index contributed by atoms with van der Waals surface area (Å²) in [4.78, 5) is 12.1. The summed E-state index contributed by atoms with van der Waals surface area (Å²) < 4.78 is 0. The molecule has 6 nitrogen and oxygen atoms in total. The Kier molecular flexibility index (Phi) is 3.65. The van der Waals surface area contributed by atoms with Crippen molar-refractivity contribution in [1.82, 2.24) is 10.2 Å². The van der Waals surface area contributed by atoms with Crippen LogP contribution in [0, 0.1) is 6.92 Å². The number of nitrogen functional groups attached to an aromatic ring is 1. The number of anilines is 2. The number of rotatable bonds is 3. The molecule has 0 spiro atoms. The third-order valence-electron chi connectivity index (χ3n) is 3.09. The molecule has 1 heterocycles. The maximum atomic E-state index is 12.1. The number of benzene rings is 1. The molecular formula is C14H18N4O2. The number of aryl methyl sites for hydroxylation is 1. The Labute approximate surface area is 117 Å². The molecule has 0 aliphatic rings. The molecule has 0 saturated heterocycles. The van der Waals surface area contributed by atoms with Crippen LogP contribution in [0.1, 0.15) is 41.5 Å². The number of phenolic OH excluding ortho intramolecular Hbond substituents is 1. The zero-order chi connectivity index (χ0) is 14.9. The topological polar surface area (TPSA) is 104 Å². The Morgan fingerprint density at radius 3 is 2.70 bits per heavy atom. The van der Waals surface area contributed by atoms with Crippen molar-refractivity contribution >= 4 is 17.3 Å². The molecule has 0 radical (unpaired) electrons. The average Bonchev–Trinajstić information content (AvgIpc) is 2.76. The summed E-state index contributed by atoms with van der Waals surface area (Å²) in [5.41, 5.74) is 8.40. The lowest BCUT2D eigenvalue weighted by Gasteiger charge is -2.06. The quantitative estimate of drug-likeness (QED) is 0.689. The molecule has 6 heteroatoms. The van der Waals surface area contributed by atoms with Crippen LogP contribution in [-0.2, 0) is 0 Å². The fourth-order valence-corrected chi connectivity index (χ4v) is 1.85. The molecule has 1 aromatic heterocycles. The number of aromatic amines is 1. The number of nitrogens with zero attached hydrogens (tertiary/aromatic N) is 1. The number of nitrogens with two attached hydrogens (primary N) is 1. The molecule has 0 aliphatic carbocycles. The van der Waals surface area contributed by atoms with E-state index in [1.165, 1.54) is 6.07 Å². The van der Waals surface area contributed by atoms with Gasteiger partial charge in [0.05, 0.1) is 11.4 Å². The van der Waals surface area contributed by atoms with Crippen LogP contribution in [0.25, 0.3) is 0 Å². The van der Waals surface area contributed by atoms with Crippen LogP contribution < -0.4 is 11.1 Å². The zero-order valence-corrected chi connectivity index (χ0v) is 11.7. The van der Waals surface area contributed by atoms with Crippen molar-refractivity contribution in [2.24, 2.45) is 0 Å². The summed E-state index contributed by atoms with van der Waals surface area (Å²) in [6, 6.07) is 4.91. The van der Waals surface area contributed by atoms with Gasteiger partial charge in [-0.2, -0.15) is 5.10 Å². The molecule has 106 valence electrons. The van der Waals surface area contributed by atoms with Crippen LogP contribution in [-0.4, -0.2) is 21.2 Å². The second kappa shape index (κ2) is 5.24. The lowest BCUT2D eigenvalue weighted by atomic mass is 10.1. The molecule has 2 rings (SSSR count). The third-order valence-corrected chi connectivity index (χ3v) is 3.09. The number of carbonyl (C=O) groups is 1. The summed E-state index contributed by atoms with van der Waals surface area (Å²) in [7, 11) is 0. The highest BCUT2D eigenvalue weighted by Crippen LogP contribution is 2.24. The number of hydrogen-bond donors (Lipinski definition) is 4. The molecule has 0 aliphatic heterocycles. The maximum Gasteiger partial charge on any atom is 0.278 e. The van der Waals surface area contributed by atoms with E-state index in [1.807, 2.05) is 13.8 Å². The van der Waals surface area contributed by atoms with Gasteiger partial charge in [0.1, 0.15) is 5.75 Å². The second-order valence-electron chi connectivity index (χ2n) is 5.01. The average molecular weight is 274 g/mol. The first-order valence-corrected chi connectivity index (χ1v) is 6.35. The summed E-state index contributed by atoms with van der Waals surface area (Å²) >= 11 is 0. The Balaban J connectivity index is 2.22. The van der Waals surface area contributed by atoms with Crippen LogP contribution in [0.3, 0.4) is 0 Å². The molecule has 0 fully saturated rings. The molecule has 2 aromatic rings. The number of phenols is 1. The minimum atomic E-state index is -0.408. The Hall–Kier alpha value is -2.50. The molecule has 20 heavy (non-hydrogen) atoms. The molecule has 1 aromatic carbocycles. The van der Waals surface area contributed by atoms with Crippen LogP contribution in [0.5, 0.6) is 5.75 Å². The van der Waals surface area contributed by atoms with Crippen LogP contribution >= 0.6 is 0 Å². The summed E-state index contributed by atoms with van der Waals surface area (Å²) in [5, 5.41) is 19.0. The summed E-state index contributed by atoms with van der Waals surface area (Å²) in [6.07, 6.45) is 0. The number of aromatic nitrogens is 2. The van der Waals surface area contributed by atoms with E-state index in [0.717, 1.165) is 11.3 Å². The second-order valence-corrected chi connectivity index (χ2v) is 5.01. The highest BCUT2D eigenvalue weighted by molar-refractivity contribution is 6.06. The van der Waals surface area contributed by atoms with E-state index in [2.05, 4.69) is 15.5 Å². The zero-order valence-electron chi connectivity index (χ0n) is 11.7. The van der Waals surface area contributed by atoms with Gasteiger partial charge < -0.3 is 16.2 Å². The van der Waals surface area contributed by atoms with Crippen molar-refractivity contribution < 1.29 is 9.90 Å². The fraction of sp³-hybridized carbons (Fsp3) is 0.286. The van der Waals surface area contributed by atoms with E-state index in [4.69, 9.17) is 5.73 Å². The van der Waals surface area contributed by atoms with E-state index in [1.54, 1.807) is 19.1 Å². The van der Waals surface area contributed by atoms with E-state index in [0.29, 0.717) is 11.4 Å². The van der Waals surface area contributed by atoms with Gasteiger partial charge in [0.25, 0.3) is 5.91 Å². The van der Waals surface area contributed by atoms with Gasteiger partial charge in [-0.25, -0.2) is 0 Å². The SMILES string of the molecule is Cc1ccc(NC(=O)c2n[nH]c(C(C)C)c2N)cc1O. The third kappa shape index (κ3) is 2.59. The largest absolute Gasteiger partial charge is 0.508 e. The van der Waals surface area contributed by atoms with E-state index < -0.39 is 5.91 Å². The number of amides is 1. The van der Waals surface area contributed by atoms with Crippen LogP contribution in [0.2, 0.25) is 0 Å². The highest BCUT2D eigenvalue weighted by atomic mass is 16.3. The molecule has 0 atom stereocenters. The van der Waals surface area contributed by atoms with Crippen molar-refractivity contribution in [3.05, 3.63) is 35.2 Å². The highest BCUT2D eigenvalue weighted by Gasteiger charge is 2.19. The van der Waals surface area contributed by atoms with Gasteiger partial charge in [0.15, 0.2) is 5.69 Å². The number of aromatic hydroxyl groups is 1. The first-order valence-electron chi connectivity index (χ1n) is 6.35. The van der Waals surface area contributed by atoms with Crippen LogP contribution in [0.15, 0.2) is 18.2 Å². The predicted molar refractivity (Wildman–Crippen MR) is 77.9 cm³/mol. The van der Waals surface area contributed by atoms with Gasteiger partial charge in [-0.3, -0.25) is 9.89 Å². The van der Waals surface area contributed by atoms with E-state index >= 15 is 0 Å². The van der Waals surface area contributed by atoms with Gasteiger partial charge in [0, 0.05) is 11.8 Å². The molecule has 0 unspecified atom stereocenters. The van der Waals surface area contributed by atoms with Gasteiger partial charge in [0.2, 0.25) is 0 Å². The molecule has 5 N–H and O–H groups in total. The Bertz CT molecular complexity index is 647. The first kappa shape index (κ1) is 13.9. The van der Waals surface area contributed by atoms with Crippen molar-refractivity contribution in [3.8, 4) is 5.75 Å². The monoisotopic (exact) mass is 274 g/mol. The van der Waals surface area contributed by atoms with Gasteiger partial charge in [-0.15, -0.1) is 0 Å². The van der Waals surface area contributed by atoms with E-state index in [9.17, 15) is 9.90 Å². The smallest absolute Gasteiger partial charge is 0.278 e. The maximum absolute atomic E-state index is 12.1. The van der Waals surface area contributed by atoms with Gasteiger partial charge in [-0.1, -0.05) is 19.9 Å². The normalized spacial score (nSPS) is 10.8. The molecule has 0 bridgehead atoms. The number of hydrogen-bond acceptors (Lipinski definition) is 4. The Morgan fingerprint density at radius 2 is 2.15 bits per heavy atom. The van der Waals surface area contributed by atoms with E-state index in [-0.39, 0.29) is 17.4 Å². The predicted octanol–water partition coefficient (Wildman–Crippen LogP) is 2.38. The standard InChI is InChI=1S/C14H18N4O2/c1-7(2)12-11(15)13(18-17-12)14(20)16-9-5-4-8(3)10(19)6-9/h4-7,19H,15H2,1-3H3,(H,16,20)(H,17,18). The lowest BCUT2D eigenvalue weighted by Crippen LogP contribution is -2.14. The molecular weight excluding hydrogens is 256 g/mol. The molecule has 1 amide bonds. The fourth-order valence-electron chi connectivity index (χ4n) is 1.85. The number of nitrogens with one attached hydrogen (secondary N) is 2. The minimum Gasteiger partial charge on any atom is -0.508 e. The Morgan fingerprint density at radius 1 is 1.45 bits per heavy atom. The molecule has 0 saturated carbocycles. The first-order chi connectivity index (χ1) is 9.40. The summed E-state index contributed by atoms with van der Waals surface area (Å²) in [6.45, 7) is 5.70. The van der Waals surface area contributed by atoms with Gasteiger partial charge in [-0.05, 0) is 24.5 Å². The minimum absolute atomic E-state index is 0.126. The number of carbonyl (C=O) groups excluding carboxylic acids is 1.